The highest BCUT2D eigenvalue weighted by Crippen LogP contribution is 2.28. The average molecular weight is 388 g/mol. The Morgan fingerprint density at radius 1 is 0.962 bits per heavy atom. The predicted octanol–water partition coefficient (Wildman–Crippen LogP) is 3.34. The van der Waals surface area contributed by atoms with Crippen LogP contribution >= 0.6 is 11.8 Å². The molecular weight excluding hydrogens is 376 g/mol. The Hall–Kier alpha value is -2.98. The third-order valence-electron chi connectivity index (χ3n) is 3.19. The monoisotopic (exact) mass is 388 g/mol. The minimum atomic E-state index is -4.12. The lowest BCUT2D eigenvalue weighted by atomic mass is 10.3. The van der Waals surface area contributed by atoms with Crippen LogP contribution in [0.1, 0.15) is 0 Å². The minimum Gasteiger partial charge on any atom is -0.279 e. The molecule has 0 radical (unpaired) electrons. The lowest BCUT2D eigenvalue weighted by Gasteiger charge is -2.09. The molecule has 8 nitrogen and oxygen atoms in total. The molecule has 132 valence electrons. The molecule has 0 aliphatic rings. The molecule has 3 aromatic rings. The highest BCUT2D eigenvalue weighted by Gasteiger charge is 2.25. The molecule has 10 heteroatoms. The van der Waals surface area contributed by atoms with Gasteiger partial charge in [0.05, 0.1) is 10.6 Å². The lowest BCUT2D eigenvalue weighted by Crippen LogP contribution is -2.14. The maximum Gasteiger partial charge on any atom is 0.289 e. The summed E-state index contributed by atoms with van der Waals surface area (Å²) in [6, 6.07) is 13.6. The largest absolute Gasteiger partial charge is 0.289 e. The molecule has 0 bridgehead atoms. The number of nitro benzene ring substituents is 1. The summed E-state index contributed by atoms with van der Waals surface area (Å²) in [7, 11) is -4.12. The van der Waals surface area contributed by atoms with Crippen molar-refractivity contribution in [3.05, 3.63) is 77.1 Å². The molecule has 1 N–H and O–H groups in total. The van der Waals surface area contributed by atoms with Gasteiger partial charge in [0.2, 0.25) is 0 Å². The number of pyridine rings is 2. The van der Waals surface area contributed by atoms with Gasteiger partial charge in [-0.2, -0.15) is 0 Å². The van der Waals surface area contributed by atoms with Crippen molar-refractivity contribution >= 4 is 33.2 Å². The van der Waals surface area contributed by atoms with E-state index in [4.69, 9.17) is 0 Å². The molecule has 3 rings (SSSR count). The lowest BCUT2D eigenvalue weighted by molar-refractivity contribution is -0.387. The molecule has 1 aromatic carbocycles. The molecule has 0 fully saturated rings. The molecule has 0 atom stereocenters. The summed E-state index contributed by atoms with van der Waals surface area (Å²) in [5.74, 6) is 0. The van der Waals surface area contributed by atoms with Crippen LogP contribution in [0, 0.1) is 10.1 Å². The van der Waals surface area contributed by atoms with Crippen molar-refractivity contribution in [1.82, 2.24) is 9.97 Å². The number of hydrogen-bond acceptors (Lipinski definition) is 7. The molecule has 2 aromatic heterocycles. The number of nitro groups is 1. The second kappa shape index (κ2) is 7.50. The molecule has 2 heterocycles. The van der Waals surface area contributed by atoms with E-state index < -0.39 is 25.5 Å². The van der Waals surface area contributed by atoms with Gasteiger partial charge in [-0.15, -0.1) is 0 Å². The Bertz CT molecular complexity index is 1040. The second-order valence-corrected chi connectivity index (χ2v) is 7.67. The molecule has 0 aliphatic carbocycles. The number of anilines is 1. The number of nitrogens with zero attached hydrogens (tertiary/aromatic N) is 3. The van der Waals surface area contributed by atoms with Gasteiger partial charge in [-0.1, -0.05) is 30.0 Å². The van der Waals surface area contributed by atoms with Crippen molar-refractivity contribution in [2.75, 3.05) is 4.72 Å². The van der Waals surface area contributed by atoms with Gasteiger partial charge in [-0.05, 0) is 30.3 Å². The van der Waals surface area contributed by atoms with Gasteiger partial charge in [0.15, 0.2) is 4.90 Å². The third-order valence-corrected chi connectivity index (χ3v) is 5.50. The van der Waals surface area contributed by atoms with E-state index in [0.29, 0.717) is 10.1 Å². The van der Waals surface area contributed by atoms with E-state index in [1.165, 1.54) is 48.3 Å². The molecule has 0 spiro atoms. The summed E-state index contributed by atoms with van der Waals surface area (Å²) in [5, 5.41) is 12.3. The Balaban J connectivity index is 1.87. The quantitative estimate of drug-likeness (QED) is 0.508. The van der Waals surface area contributed by atoms with E-state index in [2.05, 4.69) is 14.7 Å². The van der Waals surface area contributed by atoms with E-state index in [1.807, 2.05) is 6.07 Å². The minimum absolute atomic E-state index is 0.247. The summed E-state index contributed by atoms with van der Waals surface area (Å²) in [4.78, 5) is 18.3. The van der Waals surface area contributed by atoms with Crippen LogP contribution in [0.2, 0.25) is 0 Å². The van der Waals surface area contributed by atoms with Crippen molar-refractivity contribution in [3.63, 3.8) is 0 Å². The highest BCUT2D eigenvalue weighted by molar-refractivity contribution is 7.99. The Kier molecular flexibility index (Phi) is 5.14. The Morgan fingerprint density at radius 3 is 2.42 bits per heavy atom. The molecule has 0 unspecified atom stereocenters. The summed E-state index contributed by atoms with van der Waals surface area (Å²) < 4.78 is 27.4. The average Bonchev–Trinajstić information content (AvgIpc) is 2.62. The van der Waals surface area contributed by atoms with Crippen molar-refractivity contribution in [1.29, 1.82) is 0 Å². The molecule has 26 heavy (non-hydrogen) atoms. The van der Waals surface area contributed by atoms with Crippen molar-refractivity contribution < 1.29 is 13.3 Å². The van der Waals surface area contributed by atoms with Gasteiger partial charge in [0.1, 0.15) is 10.1 Å². The number of benzene rings is 1. The number of para-hydroxylation sites is 1. The Labute approximate surface area is 153 Å². The van der Waals surface area contributed by atoms with Gasteiger partial charge in [0.25, 0.3) is 15.7 Å². The number of rotatable bonds is 6. The smallest absolute Gasteiger partial charge is 0.279 e. The van der Waals surface area contributed by atoms with Crippen LogP contribution in [0.25, 0.3) is 0 Å². The number of aromatic nitrogens is 2. The van der Waals surface area contributed by atoms with E-state index in [0.717, 1.165) is 6.07 Å². The summed E-state index contributed by atoms with van der Waals surface area (Å²) in [5.41, 5.74) is -0.242. The van der Waals surface area contributed by atoms with Gasteiger partial charge in [-0.3, -0.25) is 14.8 Å². The zero-order valence-electron chi connectivity index (χ0n) is 13.1. The maximum absolute atomic E-state index is 12.5. The molecular formula is C16H12N4O4S2. The van der Waals surface area contributed by atoms with E-state index in [-0.39, 0.29) is 5.69 Å². The fourth-order valence-electron chi connectivity index (χ4n) is 2.09. The normalized spacial score (nSPS) is 11.1. The van der Waals surface area contributed by atoms with Crippen LogP contribution in [0.5, 0.6) is 0 Å². The number of hydrogen-bond donors (Lipinski definition) is 1. The van der Waals surface area contributed by atoms with Gasteiger partial charge < -0.3 is 0 Å². The zero-order valence-corrected chi connectivity index (χ0v) is 14.8. The second-order valence-electron chi connectivity index (χ2n) is 4.98. The SMILES string of the molecule is O=[N+]([O-])c1ccccc1S(=O)(=O)Nc1ccnc(Sc2ccccn2)c1. The van der Waals surface area contributed by atoms with Crippen molar-refractivity contribution in [2.45, 2.75) is 14.9 Å². The standard InChI is InChI=1S/C16H12N4O4S2/c21-20(22)13-5-1-2-6-14(13)26(23,24)19-12-8-10-18-16(11-12)25-15-7-3-4-9-17-15/h1-11H,(H,18,19). The van der Waals surface area contributed by atoms with E-state index >= 15 is 0 Å². The van der Waals surface area contributed by atoms with Crippen LogP contribution in [0.15, 0.2) is 81.9 Å². The first-order chi connectivity index (χ1) is 12.5. The first-order valence-corrected chi connectivity index (χ1v) is 9.57. The Morgan fingerprint density at radius 2 is 1.69 bits per heavy atom. The first kappa shape index (κ1) is 17.8. The number of sulfonamides is 1. The first-order valence-electron chi connectivity index (χ1n) is 7.27. The zero-order chi connectivity index (χ0) is 18.6. The molecule has 0 aliphatic heterocycles. The van der Waals surface area contributed by atoms with Crippen LogP contribution < -0.4 is 4.72 Å². The van der Waals surface area contributed by atoms with Gasteiger partial charge in [-0.25, -0.2) is 18.4 Å². The van der Waals surface area contributed by atoms with Crippen molar-refractivity contribution in [2.24, 2.45) is 0 Å². The summed E-state index contributed by atoms with van der Waals surface area (Å²) >= 11 is 1.27. The molecule has 0 saturated carbocycles. The summed E-state index contributed by atoms with van der Waals surface area (Å²) in [6.45, 7) is 0. The van der Waals surface area contributed by atoms with Crippen LogP contribution in [0.3, 0.4) is 0 Å². The fourth-order valence-corrected chi connectivity index (χ4v) is 4.09. The summed E-state index contributed by atoms with van der Waals surface area (Å²) in [6.07, 6.45) is 3.09. The fraction of sp³-hybridized carbons (Fsp3) is 0. The van der Waals surface area contributed by atoms with E-state index in [9.17, 15) is 18.5 Å². The molecule has 0 amide bonds. The van der Waals surface area contributed by atoms with Crippen molar-refractivity contribution in [3.8, 4) is 0 Å². The van der Waals surface area contributed by atoms with Crippen LogP contribution in [-0.2, 0) is 10.0 Å². The van der Waals surface area contributed by atoms with Gasteiger partial charge in [0, 0.05) is 18.5 Å². The van der Waals surface area contributed by atoms with Crippen LogP contribution in [0.4, 0.5) is 11.4 Å². The van der Waals surface area contributed by atoms with Gasteiger partial charge >= 0.3 is 0 Å². The third kappa shape index (κ3) is 4.16. The maximum atomic E-state index is 12.5. The molecule has 0 saturated heterocycles. The topological polar surface area (TPSA) is 115 Å². The van der Waals surface area contributed by atoms with Crippen LogP contribution in [-0.4, -0.2) is 23.3 Å². The number of nitrogens with one attached hydrogen (secondary N) is 1. The highest BCUT2D eigenvalue weighted by atomic mass is 32.2. The predicted molar refractivity (Wildman–Crippen MR) is 96.5 cm³/mol. The van der Waals surface area contributed by atoms with E-state index in [1.54, 1.807) is 18.3 Å².